The molecule has 25 heavy (non-hydrogen) atoms. The number of nitro groups is 2. The van der Waals surface area contributed by atoms with Crippen LogP contribution in [0.5, 0.6) is 0 Å². The minimum Gasteiger partial charge on any atom is -0.313 e. The highest BCUT2D eigenvalue weighted by Crippen LogP contribution is 2.35. The smallest absolute Gasteiger partial charge is 0.301 e. The molecule has 0 amide bonds. The molecule has 2 N–H and O–H groups in total. The highest BCUT2D eigenvalue weighted by molar-refractivity contribution is 5.88. The van der Waals surface area contributed by atoms with Gasteiger partial charge in [0, 0.05) is 35.7 Å². The maximum atomic E-state index is 11.2. The Hall–Kier alpha value is -2.59. The van der Waals surface area contributed by atoms with Crippen molar-refractivity contribution in [3.8, 4) is 0 Å². The molecule has 0 aromatic heterocycles. The average Bonchev–Trinajstić information content (AvgIpc) is 2.49. The number of rotatable bonds is 4. The third-order valence-corrected chi connectivity index (χ3v) is 4.14. The van der Waals surface area contributed by atoms with Crippen molar-refractivity contribution in [2.45, 2.75) is 51.6 Å². The lowest BCUT2D eigenvalue weighted by molar-refractivity contribution is -0.393. The van der Waals surface area contributed by atoms with Crippen LogP contribution in [0.4, 0.5) is 17.1 Å². The van der Waals surface area contributed by atoms with Crippen LogP contribution in [-0.4, -0.2) is 36.9 Å². The number of hydrazone groups is 1. The molecule has 0 spiro atoms. The number of hydrogen-bond donors (Lipinski definition) is 2. The Kier molecular flexibility index (Phi) is 4.78. The van der Waals surface area contributed by atoms with Crippen molar-refractivity contribution in [3.63, 3.8) is 0 Å². The van der Waals surface area contributed by atoms with E-state index in [0.29, 0.717) is 12.8 Å². The van der Waals surface area contributed by atoms with Gasteiger partial charge in [0.1, 0.15) is 5.69 Å². The van der Waals surface area contributed by atoms with Crippen molar-refractivity contribution >= 4 is 22.8 Å². The summed E-state index contributed by atoms with van der Waals surface area (Å²) in [6.07, 6.45) is 0.946. The molecule has 0 radical (unpaired) electrons. The molecule has 1 aliphatic rings. The summed E-state index contributed by atoms with van der Waals surface area (Å²) in [4.78, 5) is 20.5. The van der Waals surface area contributed by atoms with Crippen LogP contribution < -0.4 is 5.43 Å². The molecular formula is C15H21N5O5. The van der Waals surface area contributed by atoms with Crippen molar-refractivity contribution in [1.82, 2.24) is 5.06 Å². The van der Waals surface area contributed by atoms with Crippen LogP contribution in [0.1, 0.15) is 40.5 Å². The molecule has 10 heteroatoms. The van der Waals surface area contributed by atoms with Crippen molar-refractivity contribution < 1.29 is 15.1 Å². The molecular weight excluding hydrogens is 330 g/mol. The Bertz CT molecular complexity index is 724. The fourth-order valence-electron chi connectivity index (χ4n) is 3.13. The van der Waals surface area contributed by atoms with Crippen LogP contribution in [0, 0.1) is 20.2 Å². The maximum absolute atomic E-state index is 11.2. The normalized spacial score (nSPS) is 19.3. The number of anilines is 1. The van der Waals surface area contributed by atoms with E-state index in [2.05, 4.69) is 10.5 Å². The van der Waals surface area contributed by atoms with Gasteiger partial charge in [-0.15, -0.1) is 0 Å². The number of benzene rings is 1. The van der Waals surface area contributed by atoms with Crippen molar-refractivity contribution in [2.24, 2.45) is 5.10 Å². The summed E-state index contributed by atoms with van der Waals surface area (Å²) < 4.78 is 0. The molecule has 0 bridgehead atoms. The van der Waals surface area contributed by atoms with Gasteiger partial charge in [0.05, 0.1) is 15.9 Å². The van der Waals surface area contributed by atoms with Crippen molar-refractivity contribution in [2.75, 3.05) is 5.43 Å². The molecule has 1 saturated heterocycles. The number of nitro benzene ring substituents is 2. The van der Waals surface area contributed by atoms with Crippen molar-refractivity contribution in [3.05, 3.63) is 38.4 Å². The molecule has 0 atom stereocenters. The zero-order valence-corrected chi connectivity index (χ0v) is 14.5. The second kappa shape index (κ2) is 6.37. The lowest BCUT2D eigenvalue weighted by atomic mass is 9.81. The van der Waals surface area contributed by atoms with Crippen LogP contribution in [0.25, 0.3) is 0 Å². The molecule has 1 fully saturated rings. The summed E-state index contributed by atoms with van der Waals surface area (Å²) in [5.74, 6) is 0. The zero-order chi connectivity index (χ0) is 19.0. The van der Waals surface area contributed by atoms with E-state index >= 15 is 0 Å². The van der Waals surface area contributed by atoms with E-state index < -0.39 is 26.6 Å². The largest absolute Gasteiger partial charge is 0.313 e. The predicted molar refractivity (Wildman–Crippen MR) is 91.8 cm³/mol. The van der Waals surface area contributed by atoms with Gasteiger partial charge in [-0.1, -0.05) is 0 Å². The third kappa shape index (κ3) is 3.91. The molecule has 1 aliphatic heterocycles. The van der Waals surface area contributed by atoms with E-state index in [1.807, 2.05) is 27.7 Å². The number of nitrogens with zero attached hydrogens (tertiary/aromatic N) is 4. The lowest BCUT2D eigenvalue weighted by Gasteiger charge is -2.48. The third-order valence-electron chi connectivity index (χ3n) is 4.14. The summed E-state index contributed by atoms with van der Waals surface area (Å²) in [7, 11) is 0. The molecule has 2 rings (SSSR count). The Labute approximate surface area is 144 Å². The first-order chi connectivity index (χ1) is 11.4. The molecule has 1 aromatic carbocycles. The molecule has 136 valence electrons. The maximum Gasteiger partial charge on any atom is 0.301 e. The summed E-state index contributed by atoms with van der Waals surface area (Å²) in [5, 5.41) is 37.7. The standard InChI is InChI=1S/C15H21N5O5/c1-14(2)8-10(9-15(3,4)20(14)25)16-17-12-6-5-11(18(21)22)7-13(12)19(23)24/h5-7,17,25H,8-9H2,1-4H3. The Morgan fingerprint density at radius 1 is 1.12 bits per heavy atom. The van der Waals surface area contributed by atoms with Crippen LogP contribution in [0.15, 0.2) is 23.3 Å². The van der Waals surface area contributed by atoms with Gasteiger partial charge in [-0.3, -0.25) is 25.7 Å². The predicted octanol–water partition coefficient (Wildman–Crippen LogP) is 3.31. The molecule has 0 aliphatic carbocycles. The zero-order valence-electron chi connectivity index (χ0n) is 14.5. The molecule has 1 heterocycles. The van der Waals surface area contributed by atoms with Crippen LogP contribution in [0.2, 0.25) is 0 Å². The first kappa shape index (κ1) is 18.7. The summed E-state index contributed by atoms with van der Waals surface area (Å²) in [5.41, 5.74) is 1.61. The van der Waals surface area contributed by atoms with Gasteiger partial charge >= 0.3 is 5.69 Å². The summed E-state index contributed by atoms with van der Waals surface area (Å²) >= 11 is 0. The second-order valence-corrected chi connectivity index (χ2v) is 7.30. The first-order valence-electron chi connectivity index (χ1n) is 7.67. The van der Waals surface area contributed by atoms with Gasteiger partial charge in [-0.2, -0.15) is 10.2 Å². The monoisotopic (exact) mass is 351 g/mol. The van der Waals surface area contributed by atoms with Crippen LogP contribution >= 0.6 is 0 Å². The van der Waals surface area contributed by atoms with Gasteiger partial charge in [-0.05, 0) is 33.8 Å². The highest BCUT2D eigenvalue weighted by atomic mass is 16.6. The van der Waals surface area contributed by atoms with Gasteiger partial charge in [0.2, 0.25) is 0 Å². The fraction of sp³-hybridized carbons (Fsp3) is 0.533. The van der Waals surface area contributed by atoms with Gasteiger partial charge in [-0.25, -0.2) is 0 Å². The molecule has 0 saturated carbocycles. The minimum atomic E-state index is -0.695. The van der Waals surface area contributed by atoms with E-state index in [4.69, 9.17) is 0 Å². The summed E-state index contributed by atoms with van der Waals surface area (Å²) in [6.45, 7) is 7.49. The Morgan fingerprint density at radius 3 is 2.16 bits per heavy atom. The topological polar surface area (TPSA) is 134 Å². The van der Waals surface area contributed by atoms with E-state index in [0.717, 1.165) is 11.8 Å². The van der Waals surface area contributed by atoms with E-state index in [1.54, 1.807) is 0 Å². The Morgan fingerprint density at radius 2 is 1.68 bits per heavy atom. The first-order valence-corrected chi connectivity index (χ1v) is 7.67. The molecule has 10 nitrogen and oxygen atoms in total. The van der Waals surface area contributed by atoms with Crippen molar-refractivity contribution in [1.29, 1.82) is 0 Å². The molecule has 1 aromatic rings. The number of piperidine rings is 1. The SMILES string of the molecule is CC1(C)CC(=NNc2ccc([N+](=O)[O-])cc2[N+](=O)[O-])CC(C)(C)N1O. The van der Waals surface area contributed by atoms with Crippen LogP contribution in [0.3, 0.4) is 0 Å². The van der Waals surface area contributed by atoms with Crippen LogP contribution in [-0.2, 0) is 0 Å². The van der Waals surface area contributed by atoms with Gasteiger partial charge in [0.25, 0.3) is 5.69 Å². The minimum absolute atomic E-state index is 0.0742. The quantitative estimate of drug-likeness (QED) is 0.627. The van der Waals surface area contributed by atoms with E-state index in [9.17, 15) is 25.4 Å². The number of nitrogens with one attached hydrogen (secondary N) is 1. The highest BCUT2D eigenvalue weighted by Gasteiger charge is 2.43. The average molecular weight is 351 g/mol. The number of hydroxylamine groups is 2. The second-order valence-electron chi connectivity index (χ2n) is 7.30. The van der Waals surface area contributed by atoms with E-state index in [1.165, 1.54) is 17.2 Å². The lowest BCUT2D eigenvalue weighted by Crippen LogP contribution is -2.59. The van der Waals surface area contributed by atoms with E-state index in [-0.39, 0.29) is 11.4 Å². The number of non-ortho nitro benzene ring substituents is 1. The van der Waals surface area contributed by atoms with Gasteiger partial charge < -0.3 is 5.21 Å². The van der Waals surface area contributed by atoms with Gasteiger partial charge in [0.15, 0.2) is 0 Å². The summed E-state index contributed by atoms with van der Waals surface area (Å²) in [6, 6.07) is 3.34. The fourth-order valence-corrected chi connectivity index (χ4v) is 3.13. The number of hydrogen-bond acceptors (Lipinski definition) is 8. The Balaban J connectivity index is 2.30. The molecule has 0 unspecified atom stereocenters.